The van der Waals surface area contributed by atoms with Crippen molar-refractivity contribution in [3.8, 4) is 0 Å². The van der Waals surface area contributed by atoms with E-state index in [0.717, 1.165) is 19.7 Å². The molecule has 3 nitrogen and oxygen atoms in total. The number of likely N-dealkylation sites (tertiary alicyclic amines) is 1. The van der Waals surface area contributed by atoms with E-state index in [1.165, 1.54) is 36.1 Å². The maximum atomic E-state index is 6.44. The second-order valence-electron chi connectivity index (χ2n) is 6.19. The van der Waals surface area contributed by atoms with E-state index in [2.05, 4.69) is 36.9 Å². The van der Waals surface area contributed by atoms with Crippen molar-refractivity contribution in [3.05, 3.63) is 34.9 Å². The molecule has 0 aromatic heterocycles. The quantitative estimate of drug-likeness (QED) is 0.898. The highest BCUT2D eigenvalue weighted by Gasteiger charge is 2.22. The van der Waals surface area contributed by atoms with Crippen LogP contribution in [0.25, 0.3) is 0 Å². The fraction of sp³-hybridized carbons (Fsp3) is 0.647. The number of hydrogen-bond donors (Lipinski definition) is 1. The monoisotopic (exact) mass is 276 g/mol. The zero-order chi connectivity index (χ0) is 14.5. The lowest BCUT2D eigenvalue weighted by Gasteiger charge is -2.34. The van der Waals surface area contributed by atoms with E-state index >= 15 is 0 Å². The van der Waals surface area contributed by atoms with Gasteiger partial charge in [-0.1, -0.05) is 23.8 Å². The van der Waals surface area contributed by atoms with E-state index in [9.17, 15) is 0 Å². The Hall–Kier alpha value is -0.900. The number of nitrogens with two attached hydrogens (primary N) is 1. The van der Waals surface area contributed by atoms with Gasteiger partial charge in [-0.3, -0.25) is 0 Å². The minimum absolute atomic E-state index is 0.108. The Morgan fingerprint density at radius 2 is 2.20 bits per heavy atom. The summed E-state index contributed by atoms with van der Waals surface area (Å²) in [6, 6.07) is 6.67. The van der Waals surface area contributed by atoms with Crippen LogP contribution in [0, 0.1) is 19.8 Å². The first-order valence-corrected chi connectivity index (χ1v) is 7.64. The van der Waals surface area contributed by atoms with Crippen LogP contribution in [-0.4, -0.2) is 38.3 Å². The van der Waals surface area contributed by atoms with Crippen molar-refractivity contribution in [2.45, 2.75) is 32.7 Å². The molecular formula is C17H28N2O. The van der Waals surface area contributed by atoms with Crippen LogP contribution in [0.3, 0.4) is 0 Å². The Bertz CT molecular complexity index is 431. The second-order valence-corrected chi connectivity index (χ2v) is 6.19. The van der Waals surface area contributed by atoms with E-state index in [0.29, 0.717) is 5.92 Å². The van der Waals surface area contributed by atoms with Crippen molar-refractivity contribution in [3.63, 3.8) is 0 Å². The predicted molar refractivity (Wildman–Crippen MR) is 83.9 cm³/mol. The van der Waals surface area contributed by atoms with Gasteiger partial charge >= 0.3 is 0 Å². The van der Waals surface area contributed by atoms with Crippen LogP contribution in [0.5, 0.6) is 0 Å². The van der Waals surface area contributed by atoms with Gasteiger partial charge in [-0.25, -0.2) is 0 Å². The van der Waals surface area contributed by atoms with Crippen molar-refractivity contribution in [2.75, 3.05) is 33.4 Å². The third-order valence-corrected chi connectivity index (χ3v) is 4.29. The summed E-state index contributed by atoms with van der Waals surface area (Å²) in [6.45, 7) is 8.38. The fourth-order valence-electron chi connectivity index (χ4n) is 3.22. The average Bonchev–Trinajstić information content (AvgIpc) is 2.42. The molecule has 1 aliphatic rings. The molecule has 1 fully saturated rings. The Labute approximate surface area is 123 Å². The molecule has 2 atom stereocenters. The molecule has 1 aromatic rings. The number of rotatable bonds is 5. The van der Waals surface area contributed by atoms with E-state index < -0.39 is 0 Å². The lowest BCUT2D eigenvalue weighted by Crippen LogP contribution is -2.41. The van der Waals surface area contributed by atoms with Crippen LogP contribution in [0.15, 0.2) is 18.2 Å². The molecule has 1 heterocycles. The molecule has 0 radical (unpaired) electrons. The summed E-state index contributed by atoms with van der Waals surface area (Å²) in [5, 5.41) is 0. The first-order chi connectivity index (χ1) is 9.60. The van der Waals surface area contributed by atoms with Gasteiger partial charge in [-0.05, 0) is 50.3 Å². The zero-order valence-corrected chi connectivity index (χ0v) is 13.1. The van der Waals surface area contributed by atoms with E-state index in [1.807, 2.05) is 0 Å². The first-order valence-electron chi connectivity index (χ1n) is 7.64. The SMILES string of the molecule is COCC1CCCN(CC(N)c2cc(C)ccc2C)C1. The molecule has 20 heavy (non-hydrogen) atoms. The molecule has 1 aliphatic heterocycles. The molecule has 0 bridgehead atoms. The number of nitrogens with zero attached hydrogens (tertiary/aromatic N) is 1. The number of methoxy groups -OCH3 is 1. The molecule has 2 rings (SSSR count). The third-order valence-electron chi connectivity index (χ3n) is 4.29. The van der Waals surface area contributed by atoms with E-state index in [1.54, 1.807) is 7.11 Å². The fourth-order valence-corrected chi connectivity index (χ4v) is 3.22. The standard InChI is InChI=1S/C17H28N2O/c1-13-6-7-14(2)16(9-13)17(18)11-19-8-4-5-15(10-19)12-20-3/h6-7,9,15,17H,4-5,8,10-12,18H2,1-3H3. The minimum Gasteiger partial charge on any atom is -0.384 e. The van der Waals surface area contributed by atoms with Crippen LogP contribution >= 0.6 is 0 Å². The number of ether oxygens (including phenoxy) is 1. The summed E-state index contributed by atoms with van der Waals surface area (Å²) in [7, 11) is 1.79. The largest absolute Gasteiger partial charge is 0.384 e. The van der Waals surface area contributed by atoms with Crippen LogP contribution in [-0.2, 0) is 4.74 Å². The molecule has 3 heteroatoms. The number of hydrogen-bond acceptors (Lipinski definition) is 3. The number of aryl methyl sites for hydroxylation is 2. The van der Waals surface area contributed by atoms with Crippen molar-refractivity contribution in [1.29, 1.82) is 0 Å². The van der Waals surface area contributed by atoms with Crippen molar-refractivity contribution in [1.82, 2.24) is 4.90 Å². The lowest BCUT2D eigenvalue weighted by molar-refractivity contribution is 0.0878. The first kappa shape index (κ1) is 15.5. The van der Waals surface area contributed by atoms with Gasteiger partial charge in [0.25, 0.3) is 0 Å². The summed E-state index contributed by atoms with van der Waals surface area (Å²) in [5.41, 5.74) is 10.3. The molecule has 112 valence electrons. The highest BCUT2D eigenvalue weighted by atomic mass is 16.5. The Morgan fingerprint density at radius 1 is 1.40 bits per heavy atom. The molecule has 0 aliphatic carbocycles. The molecule has 0 saturated carbocycles. The Balaban J connectivity index is 1.96. The predicted octanol–water partition coefficient (Wildman–Crippen LogP) is 2.66. The second kappa shape index (κ2) is 7.21. The molecule has 2 N–H and O–H groups in total. The molecular weight excluding hydrogens is 248 g/mol. The zero-order valence-electron chi connectivity index (χ0n) is 13.1. The van der Waals surface area contributed by atoms with Gasteiger partial charge in [0.05, 0.1) is 6.61 Å². The highest BCUT2D eigenvalue weighted by molar-refractivity contribution is 5.33. The van der Waals surface area contributed by atoms with Gasteiger partial charge in [0.2, 0.25) is 0 Å². The van der Waals surface area contributed by atoms with E-state index in [-0.39, 0.29) is 6.04 Å². The summed E-state index contributed by atoms with van der Waals surface area (Å²) in [4.78, 5) is 2.50. The van der Waals surface area contributed by atoms with Gasteiger partial charge in [0.1, 0.15) is 0 Å². The topological polar surface area (TPSA) is 38.5 Å². The summed E-state index contributed by atoms with van der Waals surface area (Å²) < 4.78 is 5.30. The summed E-state index contributed by atoms with van der Waals surface area (Å²) in [6.07, 6.45) is 2.54. The van der Waals surface area contributed by atoms with Crippen LogP contribution in [0.4, 0.5) is 0 Å². The average molecular weight is 276 g/mol. The van der Waals surface area contributed by atoms with Crippen LogP contribution < -0.4 is 5.73 Å². The van der Waals surface area contributed by atoms with Crippen LogP contribution in [0.2, 0.25) is 0 Å². The Kier molecular flexibility index (Phi) is 5.58. The molecule has 2 unspecified atom stereocenters. The Morgan fingerprint density at radius 3 is 2.95 bits per heavy atom. The van der Waals surface area contributed by atoms with Crippen molar-refractivity contribution in [2.24, 2.45) is 11.7 Å². The normalized spacial score (nSPS) is 21.9. The van der Waals surface area contributed by atoms with Gasteiger partial charge in [0, 0.05) is 26.2 Å². The van der Waals surface area contributed by atoms with Crippen LogP contribution in [0.1, 0.15) is 35.6 Å². The van der Waals surface area contributed by atoms with Crippen molar-refractivity contribution < 1.29 is 4.74 Å². The molecule has 0 spiro atoms. The summed E-state index contributed by atoms with van der Waals surface area (Å²) >= 11 is 0. The third kappa shape index (κ3) is 4.05. The molecule has 1 saturated heterocycles. The number of benzene rings is 1. The smallest absolute Gasteiger partial charge is 0.0502 e. The van der Waals surface area contributed by atoms with Crippen molar-refractivity contribution >= 4 is 0 Å². The van der Waals surface area contributed by atoms with Gasteiger partial charge in [-0.15, -0.1) is 0 Å². The van der Waals surface area contributed by atoms with Gasteiger partial charge in [0.15, 0.2) is 0 Å². The number of piperidine rings is 1. The van der Waals surface area contributed by atoms with Gasteiger partial charge in [-0.2, -0.15) is 0 Å². The molecule has 0 amide bonds. The van der Waals surface area contributed by atoms with E-state index in [4.69, 9.17) is 10.5 Å². The highest BCUT2D eigenvalue weighted by Crippen LogP contribution is 2.22. The molecule has 1 aromatic carbocycles. The minimum atomic E-state index is 0.108. The maximum Gasteiger partial charge on any atom is 0.0502 e. The lowest BCUT2D eigenvalue weighted by atomic mass is 9.96. The maximum absolute atomic E-state index is 6.44. The summed E-state index contributed by atoms with van der Waals surface area (Å²) in [5.74, 6) is 0.666. The van der Waals surface area contributed by atoms with Gasteiger partial charge < -0.3 is 15.4 Å².